The lowest BCUT2D eigenvalue weighted by Gasteiger charge is -2.37. The molecule has 1 unspecified atom stereocenters. The van der Waals surface area contributed by atoms with Gasteiger partial charge >= 0.3 is 5.69 Å². The zero-order chi connectivity index (χ0) is 20.8. The van der Waals surface area contributed by atoms with Crippen LogP contribution < -0.4 is 15.9 Å². The summed E-state index contributed by atoms with van der Waals surface area (Å²) in [5.74, 6) is -0.685. The van der Waals surface area contributed by atoms with Crippen molar-refractivity contribution >= 4 is 28.5 Å². The standard InChI is InChI=1S/C22H28N4O4/c1-24-19-13-14(25-11-9-16(10-12-25)30-15-3-2-4-15)5-6-17(19)26(22(24)29)18-7-8-20(27)23-21(18)28/h5-6,13,15-16,18H,2-4,7-12H2,1H3,(H,23,27,28). The van der Waals surface area contributed by atoms with Gasteiger partial charge in [-0.1, -0.05) is 0 Å². The van der Waals surface area contributed by atoms with Gasteiger partial charge < -0.3 is 9.64 Å². The van der Waals surface area contributed by atoms with Crippen molar-refractivity contribution in [3.8, 4) is 0 Å². The summed E-state index contributed by atoms with van der Waals surface area (Å²) in [5.41, 5.74) is 2.38. The number of benzene rings is 1. The van der Waals surface area contributed by atoms with E-state index in [0.717, 1.165) is 42.7 Å². The van der Waals surface area contributed by atoms with Crippen LogP contribution in [0.3, 0.4) is 0 Å². The van der Waals surface area contributed by atoms with E-state index in [0.29, 0.717) is 18.6 Å². The number of hydrogen-bond acceptors (Lipinski definition) is 5. The first kappa shape index (κ1) is 19.4. The lowest BCUT2D eigenvalue weighted by atomic mass is 9.95. The van der Waals surface area contributed by atoms with Crippen LogP contribution in [-0.2, 0) is 21.4 Å². The van der Waals surface area contributed by atoms with Crippen LogP contribution in [-0.4, -0.2) is 46.2 Å². The minimum atomic E-state index is -0.649. The maximum Gasteiger partial charge on any atom is 0.329 e. The second-order valence-electron chi connectivity index (χ2n) is 8.73. The van der Waals surface area contributed by atoms with Gasteiger partial charge in [-0.25, -0.2) is 4.79 Å². The minimum Gasteiger partial charge on any atom is -0.375 e. The van der Waals surface area contributed by atoms with Gasteiger partial charge in [0.25, 0.3) is 0 Å². The number of imide groups is 1. The molecule has 0 bridgehead atoms. The molecule has 1 aromatic heterocycles. The molecule has 8 nitrogen and oxygen atoms in total. The van der Waals surface area contributed by atoms with Crippen LogP contribution in [0.5, 0.6) is 0 Å². The molecule has 0 spiro atoms. The van der Waals surface area contributed by atoms with Gasteiger partial charge in [0, 0.05) is 32.2 Å². The van der Waals surface area contributed by atoms with Crippen LogP contribution in [0.15, 0.2) is 23.0 Å². The SMILES string of the molecule is Cn1c(=O)n(C2CCC(=O)NC2=O)c2ccc(N3CCC(OC4CCC4)CC3)cc21. The number of rotatable bonds is 4. The van der Waals surface area contributed by atoms with E-state index in [1.165, 1.54) is 23.8 Å². The molecule has 5 rings (SSSR count). The van der Waals surface area contributed by atoms with Crippen molar-refractivity contribution in [1.82, 2.24) is 14.5 Å². The van der Waals surface area contributed by atoms with Gasteiger partial charge in [-0.15, -0.1) is 0 Å². The van der Waals surface area contributed by atoms with E-state index in [1.54, 1.807) is 11.6 Å². The molecular weight excluding hydrogens is 384 g/mol. The molecule has 3 aliphatic rings. The Bertz CT molecular complexity index is 1040. The van der Waals surface area contributed by atoms with Crippen molar-refractivity contribution in [3.05, 3.63) is 28.7 Å². The predicted molar refractivity (Wildman–Crippen MR) is 113 cm³/mol. The molecule has 8 heteroatoms. The number of amides is 2. The number of imidazole rings is 1. The van der Waals surface area contributed by atoms with Crippen molar-refractivity contribution in [2.75, 3.05) is 18.0 Å². The zero-order valence-corrected chi connectivity index (χ0v) is 17.3. The molecule has 1 saturated carbocycles. The Morgan fingerprint density at radius 2 is 1.70 bits per heavy atom. The van der Waals surface area contributed by atoms with Crippen LogP contribution in [0.25, 0.3) is 11.0 Å². The number of aryl methyl sites for hydroxylation is 1. The normalized spacial score (nSPS) is 23.6. The lowest BCUT2D eigenvalue weighted by molar-refractivity contribution is -0.135. The molecule has 3 heterocycles. The Kier molecular flexibility index (Phi) is 4.89. The number of anilines is 1. The first-order valence-corrected chi connectivity index (χ1v) is 11.0. The number of hydrogen-bond donors (Lipinski definition) is 1. The van der Waals surface area contributed by atoms with Crippen molar-refractivity contribution in [1.29, 1.82) is 0 Å². The second kappa shape index (κ2) is 7.58. The van der Waals surface area contributed by atoms with Crippen molar-refractivity contribution < 1.29 is 14.3 Å². The third-order valence-corrected chi connectivity index (χ3v) is 6.84. The Balaban J connectivity index is 1.37. The number of ether oxygens (including phenoxy) is 1. The number of carbonyl (C=O) groups excluding carboxylic acids is 2. The highest BCUT2D eigenvalue weighted by Gasteiger charge is 2.31. The van der Waals surface area contributed by atoms with E-state index in [1.807, 2.05) is 18.2 Å². The minimum absolute atomic E-state index is 0.232. The molecule has 0 radical (unpaired) electrons. The van der Waals surface area contributed by atoms with Gasteiger partial charge in [0.2, 0.25) is 11.8 Å². The van der Waals surface area contributed by atoms with Crippen LogP contribution in [0.1, 0.15) is 51.0 Å². The first-order chi connectivity index (χ1) is 14.5. The maximum absolute atomic E-state index is 12.9. The summed E-state index contributed by atoms with van der Waals surface area (Å²) in [6, 6.07) is 5.33. The van der Waals surface area contributed by atoms with Crippen LogP contribution in [0, 0.1) is 0 Å². The molecule has 2 saturated heterocycles. The van der Waals surface area contributed by atoms with Gasteiger partial charge in [0.15, 0.2) is 0 Å². The Morgan fingerprint density at radius 3 is 2.37 bits per heavy atom. The van der Waals surface area contributed by atoms with E-state index < -0.39 is 11.9 Å². The summed E-state index contributed by atoms with van der Waals surface area (Å²) in [4.78, 5) is 39.1. The Labute approximate surface area is 174 Å². The topological polar surface area (TPSA) is 85.6 Å². The fourth-order valence-corrected chi connectivity index (χ4v) is 4.81. The highest BCUT2D eigenvalue weighted by molar-refractivity contribution is 6.00. The molecule has 1 atom stereocenters. The van der Waals surface area contributed by atoms with Gasteiger partial charge in [0.05, 0.1) is 23.2 Å². The monoisotopic (exact) mass is 412 g/mol. The number of fused-ring (bicyclic) bond motifs is 1. The summed E-state index contributed by atoms with van der Waals surface area (Å²) in [6.45, 7) is 1.87. The summed E-state index contributed by atoms with van der Waals surface area (Å²) in [7, 11) is 1.73. The van der Waals surface area contributed by atoms with Gasteiger partial charge in [-0.2, -0.15) is 0 Å². The third kappa shape index (κ3) is 3.33. The van der Waals surface area contributed by atoms with Crippen molar-refractivity contribution in [3.63, 3.8) is 0 Å². The highest BCUT2D eigenvalue weighted by atomic mass is 16.5. The summed E-state index contributed by atoms with van der Waals surface area (Å²) in [6.07, 6.45) is 7.16. The molecule has 1 aromatic carbocycles. The van der Waals surface area contributed by atoms with E-state index in [2.05, 4.69) is 10.2 Å². The van der Waals surface area contributed by atoms with E-state index in [9.17, 15) is 14.4 Å². The molecular formula is C22H28N4O4. The fraction of sp³-hybridized carbons (Fsp3) is 0.591. The predicted octanol–water partition coefficient (Wildman–Crippen LogP) is 1.86. The molecule has 30 heavy (non-hydrogen) atoms. The number of carbonyl (C=O) groups is 2. The average Bonchev–Trinajstić information content (AvgIpc) is 2.96. The largest absolute Gasteiger partial charge is 0.375 e. The average molecular weight is 412 g/mol. The molecule has 3 fully saturated rings. The maximum atomic E-state index is 12.9. The lowest BCUT2D eigenvalue weighted by Crippen LogP contribution is -2.44. The number of piperidine rings is 2. The molecule has 2 aromatic rings. The Hall–Kier alpha value is -2.61. The fourth-order valence-electron chi connectivity index (χ4n) is 4.81. The van der Waals surface area contributed by atoms with Gasteiger partial charge in [-0.3, -0.25) is 24.0 Å². The molecule has 160 valence electrons. The molecule has 2 amide bonds. The molecule has 2 aliphatic heterocycles. The zero-order valence-electron chi connectivity index (χ0n) is 17.3. The number of nitrogens with one attached hydrogen (secondary N) is 1. The van der Waals surface area contributed by atoms with Crippen LogP contribution in [0.2, 0.25) is 0 Å². The summed E-state index contributed by atoms with van der Waals surface area (Å²) >= 11 is 0. The van der Waals surface area contributed by atoms with Crippen LogP contribution in [0.4, 0.5) is 5.69 Å². The van der Waals surface area contributed by atoms with Gasteiger partial charge in [-0.05, 0) is 56.7 Å². The van der Waals surface area contributed by atoms with Gasteiger partial charge in [0.1, 0.15) is 6.04 Å². The quantitative estimate of drug-likeness (QED) is 0.775. The smallest absolute Gasteiger partial charge is 0.329 e. The Morgan fingerprint density at radius 1 is 0.967 bits per heavy atom. The van der Waals surface area contributed by atoms with E-state index in [-0.39, 0.29) is 18.0 Å². The van der Waals surface area contributed by atoms with Crippen molar-refractivity contribution in [2.24, 2.45) is 7.05 Å². The molecule has 1 aliphatic carbocycles. The van der Waals surface area contributed by atoms with Crippen molar-refractivity contribution in [2.45, 2.75) is 63.2 Å². The first-order valence-electron chi connectivity index (χ1n) is 11.0. The molecule has 1 N–H and O–H groups in total. The highest BCUT2D eigenvalue weighted by Crippen LogP contribution is 2.30. The number of aromatic nitrogens is 2. The van der Waals surface area contributed by atoms with E-state index in [4.69, 9.17) is 4.74 Å². The van der Waals surface area contributed by atoms with Crippen LogP contribution >= 0.6 is 0 Å². The summed E-state index contributed by atoms with van der Waals surface area (Å²) in [5, 5.41) is 2.35. The third-order valence-electron chi connectivity index (χ3n) is 6.84. The number of nitrogens with zero attached hydrogens (tertiary/aromatic N) is 3. The second-order valence-corrected chi connectivity index (χ2v) is 8.73. The van der Waals surface area contributed by atoms with E-state index >= 15 is 0 Å². The summed E-state index contributed by atoms with van der Waals surface area (Å²) < 4.78 is 9.29.